The maximum Gasteiger partial charge on any atom is 0.435 e. The Balaban J connectivity index is 1.26. The Morgan fingerprint density at radius 1 is 1.07 bits per heavy atom. The molecule has 0 bridgehead atoms. The van der Waals surface area contributed by atoms with Crippen molar-refractivity contribution in [3.8, 4) is 5.75 Å². The largest absolute Gasteiger partial charge is 0.497 e. The topological polar surface area (TPSA) is 161 Å². The summed E-state index contributed by atoms with van der Waals surface area (Å²) in [6.45, 7) is 6.75. The van der Waals surface area contributed by atoms with Crippen molar-refractivity contribution in [1.29, 1.82) is 0 Å². The van der Waals surface area contributed by atoms with Crippen LogP contribution in [0, 0.1) is 0 Å². The molecule has 2 aromatic heterocycles. The minimum Gasteiger partial charge on any atom is -0.497 e. The zero-order valence-electron chi connectivity index (χ0n) is 26.0. The summed E-state index contributed by atoms with van der Waals surface area (Å²) in [7, 11) is 3.20. The van der Waals surface area contributed by atoms with Crippen molar-refractivity contribution < 1.29 is 33.7 Å². The number of rotatable bonds is 6. The van der Waals surface area contributed by atoms with Crippen LogP contribution in [0.4, 0.5) is 32.7 Å². The van der Waals surface area contributed by atoms with Gasteiger partial charge in [-0.2, -0.15) is 4.68 Å². The molecule has 1 saturated carbocycles. The average molecular weight is 628 g/mol. The average Bonchev–Trinajstić information content (AvgIpc) is 3.57. The monoisotopic (exact) mass is 627 g/mol. The molecular weight excluding hydrogens is 594 g/mol. The van der Waals surface area contributed by atoms with Crippen LogP contribution in [0.5, 0.6) is 5.75 Å². The van der Waals surface area contributed by atoms with Gasteiger partial charge in [0.25, 0.3) is 0 Å². The van der Waals surface area contributed by atoms with Crippen LogP contribution in [-0.4, -0.2) is 82.0 Å². The van der Waals surface area contributed by atoms with Crippen LogP contribution in [-0.2, 0) is 19.7 Å². The first-order valence-corrected chi connectivity index (χ1v) is 14.8. The van der Waals surface area contributed by atoms with Crippen LogP contribution in [0.25, 0.3) is 10.9 Å². The van der Waals surface area contributed by atoms with Crippen LogP contribution in [0.2, 0.25) is 0 Å². The van der Waals surface area contributed by atoms with E-state index in [2.05, 4.69) is 25.3 Å². The second-order valence-electron chi connectivity index (χ2n) is 12.7. The van der Waals surface area contributed by atoms with Gasteiger partial charge in [0.1, 0.15) is 29.3 Å². The van der Waals surface area contributed by atoms with Crippen molar-refractivity contribution in [2.24, 2.45) is 0 Å². The van der Waals surface area contributed by atoms with Gasteiger partial charge in [-0.3, -0.25) is 4.79 Å². The lowest BCUT2D eigenvalue weighted by molar-refractivity contribution is -0.119. The van der Waals surface area contributed by atoms with Crippen molar-refractivity contribution >= 4 is 52.1 Å². The molecule has 2 aliphatic heterocycles. The number of nitrogens with one attached hydrogen (secondary N) is 1. The highest BCUT2D eigenvalue weighted by Gasteiger charge is 2.68. The number of hydrogen-bond acceptors (Lipinski definition) is 11. The number of benzene rings is 2. The lowest BCUT2D eigenvalue weighted by Gasteiger charge is -2.38. The van der Waals surface area contributed by atoms with Gasteiger partial charge < -0.3 is 29.5 Å². The second kappa shape index (κ2) is 10.4. The molecule has 2 aromatic carbocycles. The molecule has 7 rings (SSSR count). The molecule has 2 fully saturated rings. The molecule has 3 aliphatic rings. The fourth-order valence-electron chi connectivity index (χ4n) is 6.38. The van der Waals surface area contributed by atoms with Crippen LogP contribution in [0.3, 0.4) is 0 Å². The van der Waals surface area contributed by atoms with Crippen LogP contribution in [0.1, 0.15) is 44.2 Å². The summed E-state index contributed by atoms with van der Waals surface area (Å²) in [5, 5.41) is 18.3. The normalized spacial score (nSPS) is 20.5. The molecular formula is C32H33N7O7. The molecule has 2 amide bonds. The standard InChI is InChI=1S/C32H33N7O7/c1-31(2,3)46-30(43)39-24-10-17(22-13-32(22)21-11-18(44-4)7-9-23(21)38(28(32)40)29(41)42)6-8-20(24)27(36-39)35-25-12-26(34-16-33-25)37-14-19(15-37)45-5/h6-12,16,19,22H,13-15H2,1-5H3,(H,41,42)(H,33,34,35,36)/t22-,32-/m0/s1. The van der Waals surface area contributed by atoms with Gasteiger partial charge in [0.2, 0.25) is 5.91 Å². The maximum atomic E-state index is 13.7. The summed E-state index contributed by atoms with van der Waals surface area (Å²) in [5.74, 6) is 1.28. The molecule has 4 heterocycles. The zero-order chi connectivity index (χ0) is 32.5. The lowest BCUT2D eigenvalue weighted by Crippen LogP contribution is -2.52. The first-order valence-electron chi connectivity index (χ1n) is 14.8. The number of carbonyl (C=O) groups is 3. The first kappa shape index (κ1) is 29.5. The Morgan fingerprint density at radius 3 is 2.54 bits per heavy atom. The highest BCUT2D eigenvalue weighted by molar-refractivity contribution is 6.22. The molecule has 2 atom stereocenters. The Bertz CT molecular complexity index is 1910. The zero-order valence-corrected chi connectivity index (χ0v) is 26.0. The molecule has 14 heteroatoms. The summed E-state index contributed by atoms with van der Waals surface area (Å²) in [6, 6.07) is 12.3. The smallest absolute Gasteiger partial charge is 0.435 e. The summed E-state index contributed by atoms with van der Waals surface area (Å²) in [6.07, 6.45) is 0.000646. The number of nitrogens with zero attached hydrogens (tertiary/aromatic N) is 6. The molecule has 1 aliphatic carbocycles. The Kier molecular flexibility index (Phi) is 6.67. The molecule has 4 aromatic rings. The number of methoxy groups -OCH3 is 2. The fraction of sp³-hybridized carbons (Fsp3) is 0.375. The van der Waals surface area contributed by atoms with E-state index < -0.39 is 29.1 Å². The van der Waals surface area contributed by atoms with E-state index in [1.54, 1.807) is 52.1 Å². The van der Waals surface area contributed by atoms with E-state index >= 15 is 0 Å². The number of fused-ring (bicyclic) bond motifs is 3. The Hall–Kier alpha value is -5.24. The maximum absolute atomic E-state index is 13.7. The van der Waals surface area contributed by atoms with Gasteiger partial charge in [0.05, 0.1) is 29.8 Å². The number of hydrogen-bond donors (Lipinski definition) is 2. The van der Waals surface area contributed by atoms with Crippen molar-refractivity contribution in [1.82, 2.24) is 19.7 Å². The quantitative estimate of drug-likeness (QED) is 0.305. The first-order chi connectivity index (χ1) is 21.9. The van der Waals surface area contributed by atoms with Crippen molar-refractivity contribution in [3.63, 3.8) is 0 Å². The predicted octanol–water partition coefficient (Wildman–Crippen LogP) is 4.65. The van der Waals surface area contributed by atoms with Crippen LogP contribution in [0.15, 0.2) is 48.8 Å². The van der Waals surface area contributed by atoms with Gasteiger partial charge in [-0.25, -0.2) is 24.5 Å². The number of carboxylic acid groups (broad SMARTS) is 1. The summed E-state index contributed by atoms with van der Waals surface area (Å²) in [5.41, 5.74) is 0.303. The van der Waals surface area contributed by atoms with Gasteiger partial charge >= 0.3 is 12.2 Å². The number of imide groups is 1. The number of amides is 2. The minimum absolute atomic E-state index is 0.155. The molecule has 238 valence electrons. The van der Waals surface area contributed by atoms with Crippen LogP contribution < -0.4 is 19.9 Å². The SMILES string of the molecule is COc1ccc2c(c1)[C@]1(C[C@H]1c1ccc3c(Nc4cc(N5CC(OC)C5)ncn4)nn(C(=O)OC(C)(C)C)c3c1)C(=O)N2C(=O)O. The highest BCUT2D eigenvalue weighted by atomic mass is 16.6. The molecule has 1 spiro atoms. The molecule has 46 heavy (non-hydrogen) atoms. The summed E-state index contributed by atoms with van der Waals surface area (Å²) in [4.78, 5) is 50.9. The summed E-state index contributed by atoms with van der Waals surface area (Å²) < 4.78 is 17.6. The molecule has 0 unspecified atom stereocenters. The van der Waals surface area contributed by atoms with Gasteiger partial charge in [-0.1, -0.05) is 6.07 Å². The third kappa shape index (κ3) is 4.67. The van der Waals surface area contributed by atoms with E-state index in [0.717, 1.165) is 29.4 Å². The van der Waals surface area contributed by atoms with E-state index in [1.807, 2.05) is 18.2 Å². The van der Waals surface area contributed by atoms with E-state index in [4.69, 9.17) is 14.2 Å². The Morgan fingerprint density at radius 2 is 1.85 bits per heavy atom. The van der Waals surface area contributed by atoms with Crippen molar-refractivity contribution in [2.45, 2.75) is 50.2 Å². The van der Waals surface area contributed by atoms with Crippen molar-refractivity contribution in [2.75, 3.05) is 42.4 Å². The van der Waals surface area contributed by atoms with E-state index in [9.17, 15) is 19.5 Å². The second-order valence-corrected chi connectivity index (χ2v) is 12.7. The molecule has 2 N–H and O–H groups in total. The van der Waals surface area contributed by atoms with Gasteiger partial charge in [0.15, 0.2) is 5.82 Å². The number of ether oxygens (including phenoxy) is 3. The molecule has 14 nitrogen and oxygen atoms in total. The van der Waals surface area contributed by atoms with Gasteiger partial charge in [-0.05, 0) is 68.7 Å². The Labute approximate surface area is 263 Å². The lowest BCUT2D eigenvalue weighted by atomic mass is 9.91. The highest BCUT2D eigenvalue weighted by Crippen LogP contribution is 2.67. The van der Waals surface area contributed by atoms with Crippen LogP contribution >= 0.6 is 0 Å². The number of carbonyl (C=O) groups excluding carboxylic acids is 2. The molecule has 1 saturated heterocycles. The van der Waals surface area contributed by atoms with Gasteiger partial charge in [-0.15, -0.1) is 5.10 Å². The summed E-state index contributed by atoms with van der Waals surface area (Å²) >= 11 is 0. The number of aromatic nitrogens is 4. The number of anilines is 4. The van der Waals surface area contributed by atoms with Gasteiger partial charge in [0, 0.05) is 37.6 Å². The molecule has 0 radical (unpaired) electrons. The minimum atomic E-state index is -1.34. The fourth-order valence-corrected chi connectivity index (χ4v) is 6.38. The van der Waals surface area contributed by atoms with E-state index in [-0.39, 0.29) is 12.0 Å². The van der Waals surface area contributed by atoms with Crippen molar-refractivity contribution in [3.05, 3.63) is 59.9 Å². The third-order valence-electron chi connectivity index (χ3n) is 8.74. The third-order valence-corrected chi connectivity index (χ3v) is 8.74. The van der Waals surface area contributed by atoms with E-state index in [0.29, 0.717) is 46.0 Å². The predicted molar refractivity (Wildman–Crippen MR) is 167 cm³/mol. The van der Waals surface area contributed by atoms with E-state index in [1.165, 1.54) is 18.1 Å².